The predicted octanol–water partition coefficient (Wildman–Crippen LogP) is 3.79. The molecule has 0 aromatic heterocycles. The van der Waals surface area contributed by atoms with Crippen molar-refractivity contribution in [3.63, 3.8) is 0 Å². The van der Waals surface area contributed by atoms with Gasteiger partial charge in [-0.3, -0.25) is 0 Å². The number of benzene rings is 1. The van der Waals surface area contributed by atoms with E-state index < -0.39 is 0 Å². The Bertz CT molecular complexity index is 389. The summed E-state index contributed by atoms with van der Waals surface area (Å²) >= 11 is 3.48. The molecule has 1 aromatic rings. The van der Waals surface area contributed by atoms with E-state index >= 15 is 0 Å². The lowest BCUT2D eigenvalue weighted by Gasteiger charge is -2.17. The molecule has 1 aromatic carbocycles. The van der Waals surface area contributed by atoms with Crippen molar-refractivity contribution in [2.45, 2.75) is 27.7 Å². The Morgan fingerprint density at radius 3 is 2.40 bits per heavy atom. The van der Waals surface area contributed by atoms with Gasteiger partial charge in [-0.05, 0) is 24.6 Å². The van der Waals surface area contributed by atoms with Crippen LogP contribution in [0.15, 0.2) is 27.7 Å². The van der Waals surface area contributed by atoms with Crippen molar-refractivity contribution in [1.29, 1.82) is 0 Å². The molecular weight excluding hydrogens is 252 g/mol. The number of aliphatic imine (C=N–C) groups is 1. The monoisotopic (exact) mass is 268 g/mol. The molecule has 0 heterocycles. The first-order valence-electron chi connectivity index (χ1n) is 4.91. The van der Waals surface area contributed by atoms with Crippen molar-refractivity contribution in [2.24, 2.45) is 16.1 Å². The summed E-state index contributed by atoms with van der Waals surface area (Å²) in [5.41, 5.74) is 7.91. The number of amidine groups is 1. The van der Waals surface area contributed by atoms with E-state index in [1.54, 1.807) is 0 Å². The van der Waals surface area contributed by atoms with Gasteiger partial charge in [0.25, 0.3) is 0 Å². The molecule has 0 atom stereocenters. The molecule has 0 spiro atoms. The van der Waals surface area contributed by atoms with Crippen LogP contribution in [0.3, 0.4) is 0 Å². The molecule has 3 heteroatoms. The van der Waals surface area contributed by atoms with Gasteiger partial charge in [-0.25, -0.2) is 4.99 Å². The molecule has 0 aliphatic heterocycles. The molecule has 2 nitrogen and oxygen atoms in total. The molecule has 0 saturated carbocycles. The van der Waals surface area contributed by atoms with Crippen LogP contribution in [-0.4, -0.2) is 5.84 Å². The molecule has 0 amide bonds. The molecule has 0 bridgehead atoms. The molecule has 0 fully saturated rings. The van der Waals surface area contributed by atoms with Gasteiger partial charge >= 0.3 is 0 Å². The fourth-order valence-corrected chi connectivity index (χ4v) is 1.32. The van der Waals surface area contributed by atoms with Gasteiger partial charge < -0.3 is 5.73 Å². The van der Waals surface area contributed by atoms with Crippen molar-refractivity contribution in [2.75, 3.05) is 0 Å². The molecule has 0 unspecified atom stereocenters. The van der Waals surface area contributed by atoms with Crippen LogP contribution in [0.25, 0.3) is 0 Å². The summed E-state index contributed by atoms with van der Waals surface area (Å²) < 4.78 is 1.06. The Labute approximate surface area is 99.7 Å². The Morgan fingerprint density at radius 1 is 1.33 bits per heavy atom. The average Bonchev–Trinajstić information content (AvgIpc) is 2.10. The smallest absolute Gasteiger partial charge is 0.105 e. The lowest BCUT2D eigenvalue weighted by Crippen LogP contribution is -2.28. The van der Waals surface area contributed by atoms with Crippen molar-refractivity contribution < 1.29 is 0 Å². The van der Waals surface area contributed by atoms with E-state index in [0.29, 0.717) is 5.84 Å². The first-order chi connectivity index (χ1) is 6.80. The van der Waals surface area contributed by atoms with E-state index in [1.807, 2.05) is 25.1 Å². The third kappa shape index (κ3) is 3.34. The predicted molar refractivity (Wildman–Crippen MR) is 69.6 cm³/mol. The van der Waals surface area contributed by atoms with E-state index in [9.17, 15) is 0 Å². The van der Waals surface area contributed by atoms with Crippen LogP contribution in [-0.2, 0) is 0 Å². The van der Waals surface area contributed by atoms with Gasteiger partial charge in [-0.1, -0.05) is 42.8 Å². The van der Waals surface area contributed by atoms with E-state index in [0.717, 1.165) is 10.2 Å². The van der Waals surface area contributed by atoms with E-state index in [1.165, 1.54) is 5.56 Å². The lowest BCUT2D eigenvalue weighted by atomic mass is 9.95. The van der Waals surface area contributed by atoms with Crippen LogP contribution in [0, 0.1) is 12.3 Å². The number of hydrogen-bond acceptors (Lipinski definition) is 1. The number of halogens is 1. The third-order valence-electron chi connectivity index (χ3n) is 2.17. The normalized spacial score (nSPS) is 13.0. The average molecular weight is 269 g/mol. The standard InChI is InChI=1S/C12H17BrN2/c1-8-5-6-9(7-10(8)13)15-11(14)12(2,3)4/h5-7H,1-4H3,(H2,14,15). The second-order valence-corrected chi connectivity index (χ2v) is 5.53. The van der Waals surface area contributed by atoms with Crippen LogP contribution < -0.4 is 5.73 Å². The molecule has 2 N–H and O–H groups in total. The summed E-state index contributed by atoms with van der Waals surface area (Å²) in [6.07, 6.45) is 0. The second-order valence-electron chi connectivity index (χ2n) is 4.68. The third-order valence-corrected chi connectivity index (χ3v) is 3.03. The number of aryl methyl sites for hydroxylation is 1. The summed E-state index contributed by atoms with van der Waals surface area (Å²) in [5.74, 6) is 0.651. The van der Waals surface area contributed by atoms with E-state index in [2.05, 4.69) is 41.7 Å². The molecule has 1 rings (SSSR count). The summed E-state index contributed by atoms with van der Waals surface area (Å²) in [4.78, 5) is 4.40. The highest BCUT2D eigenvalue weighted by atomic mass is 79.9. The zero-order chi connectivity index (χ0) is 11.6. The topological polar surface area (TPSA) is 38.4 Å². The Kier molecular flexibility index (Phi) is 3.55. The summed E-state index contributed by atoms with van der Waals surface area (Å²) in [6, 6.07) is 5.98. The van der Waals surface area contributed by atoms with E-state index in [-0.39, 0.29) is 5.41 Å². The van der Waals surface area contributed by atoms with Crippen LogP contribution in [0.5, 0.6) is 0 Å². The quantitative estimate of drug-likeness (QED) is 0.611. The van der Waals surface area contributed by atoms with Gasteiger partial charge in [0.05, 0.1) is 5.69 Å². The first kappa shape index (κ1) is 12.2. The first-order valence-corrected chi connectivity index (χ1v) is 5.71. The molecular formula is C12H17BrN2. The van der Waals surface area contributed by atoms with Crippen molar-refractivity contribution in [1.82, 2.24) is 0 Å². The van der Waals surface area contributed by atoms with Gasteiger partial charge in [-0.15, -0.1) is 0 Å². The van der Waals surface area contributed by atoms with Crippen LogP contribution in [0.2, 0.25) is 0 Å². The summed E-state index contributed by atoms with van der Waals surface area (Å²) in [6.45, 7) is 8.20. The van der Waals surface area contributed by atoms with Crippen LogP contribution in [0.4, 0.5) is 5.69 Å². The van der Waals surface area contributed by atoms with Gasteiger partial charge in [0.2, 0.25) is 0 Å². The number of hydrogen-bond donors (Lipinski definition) is 1. The Morgan fingerprint density at radius 2 is 1.93 bits per heavy atom. The molecule has 0 saturated heterocycles. The largest absolute Gasteiger partial charge is 0.387 e. The highest BCUT2D eigenvalue weighted by Gasteiger charge is 2.15. The van der Waals surface area contributed by atoms with Crippen molar-refractivity contribution in [3.8, 4) is 0 Å². The number of nitrogens with zero attached hydrogens (tertiary/aromatic N) is 1. The maximum atomic E-state index is 5.91. The minimum absolute atomic E-state index is 0.0860. The second kappa shape index (κ2) is 4.35. The zero-order valence-corrected chi connectivity index (χ0v) is 11.2. The number of nitrogens with two attached hydrogens (primary N) is 1. The summed E-state index contributed by atoms with van der Waals surface area (Å²) in [5, 5.41) is 0. The Balaban J connectivity index is 3.04. The summed E-state index contributed by atoms with van der Waals surface area (Å²) in [7, 11) is 0. The fraction of sp³-hybridized carbons (Fsp3) is 0.417. The van der Waals surface area contributed by atoms with E-state index in [4.69, 9.17) is 5.73 Å². The Hall–Kier alpha value is -0.830. The van der Waals surface area contributed by atoms with Crippen LogP contribution >= 0.6 is 15.9 Å². The SMILES string of the molecule is Cc1ccc(N=C(N)C(C)(C)C)cc1Br. The maximum Gasteiger partial charge on any atom is 0.105 e. The van der Waals surface area contributed by atoms with Gasteiger partial charge in [0, 0.05) is 9.89 Å². The molecule has 0 aliphatic rings. The molecule has 0 aliphatic carbocycles. The molecule has 82 valence electrons. The number of rotatable bonds is 1. The molecule has 15 heavy (non-hydrogen) atoms. The van der Waals surface area contributed by atoms with Crippen molar-refractivity contribution in [3.05, 3.63) is 28.2 Å². The van der Waals surface area contributed by atoms with Crippen molar-refractivity contribution >= 4 is 27.5 Å². The lowest BCUT2D eigenvalue weighted by molar-refractivity contribution is 0.585. The minimum atomic E-state index is -0.0860. The van der Waals surface area contributed by atoms with Gasteiger partial charge in [0.1, 0.15) is 5.84 Å². The highest BCUT2D eigenvalue weighted by Crippen LogP contribution is 2.24. The zero-order valence-electron chi connectivity index (χ0n) is 9.63. The maximum absolute atomic E-state index is 5.91. The fourth-order valence-electron chi connectivity index (χ4n) is 0.958. The van der Waals surface area contributed by atoms with Gasteiger partial charge in [0.15, 0.2) is 0 Å². The van der Waals surface area contributed by atoms with Crippen LogP contribution in [0.1, 0.15) is 26.3 Å². The minimum Gasteiger partial charge on any atom is -0.387 e. The highest BCUT2D eigenvalue weighted by molar-refractivity contribution is 9.10. The molecule has 0 radical (unpaired) electrons. The van der Waals surface area contributed by atoms with Gasteiger partial charge in [-0.2, -0.15) is 0 Å².